The van der Waals surface area contributed by atoms with Gasteiger partial charge in [-0.25, -0.2) is 9.97 Å². The van der Waals surface area contributed by atoms with Gasteiger partial charge in [0.15, 0.2) is 11.6 Å². The van der Waals surface area contributed by atoms with Crippen molar-refractivity contribution in [3.05, 3.63) is 11.5 Å². The van der Waals surface area contributed by atoms with E-state index in [1.807, 2.05) is 6.92 Å². The third-order valence-electron chi connectivity index (χ3n) is 1.96. The Morgan fingerprint density at radius 1 is 1.40 bits per heavy atom. The lowest BCUT2D eigenvalue weighted by Crippen LogP contribution is -2.08. The minimum absolute atomic E-state index is 0.105. The number of nitrogens with two attached hydrogens (primary N) is 1. The van der Waals surface area contributed by atoms with Crippen LogP contribution < -0.4 is 10.5 Å². The first-order valence-electron chi connectivity index (χ1n) is 5.05. The minimum Gasteiger partial charge on any atom is -0.488 e. The van der Waals surface area contributed by atoms with Gasteiger partial charge in [0, 0.05) is 13.0 Å². The normalized spacial score (nSPS) is 10.3. The molecule has 0 saturated heterocycles. The number of rotatable bonds is 5. The monoisotopic (exact) mass is 211 g/mol. The van der Waals surface area contributed by atoms with Crippen LogP contribution in [0.5, 0.6) is 5.75 Å². The average Bonchev–Trinajstić information content (AvgIpc) is 2.20. The van der Waals surface area contributed by atoms with Gasteiger partial charge in [-0.05, 0) is 13.3 Å². The van der Waals surface area contributed by atoms with Crippen LogP contribution in [0.3, 0.4) is 0 Å². The third kappa shape index (κ3) is 3.06. The van der Waals surface area contributed by atoms with Gasteiger partial charge in [-0.1, -0.05) is 6.92 Å². The molecule has 3 N–H and O–H groups in total. The molecule has 84 valence electrons. The van der Waals surface area contributed by atoms with E-state index in [2.05, 4.69) is 9.97 Å². The highest BCUT2D eigenvalue weighted by molar-refractivity contribution is 5.48. The maximum atomic E-state index is 8.64. The fourth-order valence-electron chi connectivity index (χ4n) is 1.28. The number of nitrogen functional groups attached to an aromatic ring is 1. The molecule has 0 atom stereocenters. The number of nitrogens with zero attached hydrogens (tertiary/aromatic N) is 2. The van der Waals surface area contributed by atoms with Gasteiger partial charge >= 0.3 is 0 Å². The van der Waals surface area contributed by atoms with Crippen LogP contribution in [0.25, 0.3) is 0 Å². The molecule has 0 amide bonds. The summed E-state index contributed by atoms with van der Waals surface area (Å²) >= 11 is 0. The molecule has 5 nitrogen and oxygen atoms in total. The van der Waals surface area contributed by atoms with Crippen LogP contribution in [-0.4, -0.2) is 28.3 Å². The Kier molecular flexibility index (Phi) is 4.30. The Balaban J connectivity index is 2.84. The molecule has 0 radical (unpaired) electrons. The van der Waals surface area contributed by atoms with Crippen LogP contribution in [0.2, 0.25) is 0 Å². The van der Waals surface area contributed by atoms with Crippen molar-refractivity contribution >= 4 is 5.82 Å². The van der Waals surface area contributed by atoms with Crippen molar-refractivity contribution in [1.29, 1.82) is 0 Å². The van der Waals surface area contributed by atoms with Gasteiger partial charge in [-0.15, -0.1) is 0 Å². The van der Waals surface area contributed by atoms with Crippen LogP contribution in [-0.2, 0) is 6.42 Å². The van der Waals surface area contributed by atoms with Crippen LogP contribution in [0.1, 0.15) is 24.9 Å². The van der Waals surface area contributed by atoms with Crippen molar-refractivity contribution in [2.45, 2.75) is 26.7 Å². The van der Waals surface area contributed by atoms with Crippen LogP contribution in [0.4, 0.5) is 5.82 Å². The first kappa shape index (κ1) is 11.7. The number of aliphatic hydroxyl groups is 1. The maximum Gasteiger partial charge on any atom is 0.182 e. The molecule has 0 fully saturated rings. The Bertz CT molecular complexity index is 329. The highest BCUT2D eigenvalue weighted by Crippen LogP contribution is 2.23. The minimum atomic E-state index is 0.105. The van der Waals surface area contributed by atoms with E-state index in [0.717, 1.165) is 12.1 Å². The highest BCUT2D eigenvalue weighted by atomic mass is 16.5. The Morgan fingerprint density at radius 3 is 2.73 bits per heavy atom. The number of hydrogen-bond donors (Lipinski definition) is 2. The summed E-state index contributed by atoms with van der Waals surface area (Å²) in [5.74, 6) is 1.58. The lowest BCUT2D eigenvalue weighted by atomic mass is 10.3. The molecule has 0 unspecified atom stereocenters. The zero-order chi connectivity index (χ0) is 11.3. The first-order valence-corrected chi connectivity index (χ1v) is 5.05. The number of anilines is 1. The van der Waals surface area contributed by atoms with E-state index >= 15 is 0 Å². The van der Waals surface area contributed by atoms with E-state index in [4.69, 9.17) is 15.6 Å². The quantitative estimate of drug-likeness (QED) is 0.700. The van der Waals surface area contributed by atoms with Crippen molar-refractivity contribution in [2.24, 2.45) is 0 Å². The van der Waals surface area contributed by atoms with E-state index in [1.165, 1.54) is 0 Å². The van der Waals surface area contributed by atoms with Gasteiger partial charge in [0.05, 0.1) is 12.3 Å². The van der Waals surface area contributed by atoms with E-state index in [1.54, 1.807) is 6.92 Å². The Morgan fingerprint density at radius 2 is 2.13 bits per heavy atom. The third-order valence-corrected chi connectivity index (χ3v) is 1.96. The van der Waals surface area contributed by atoms with Crippen molar-refractivity contribution in [3.8, 4) is 5.75 Å². The highest BCUT2D eigenvalue weighted by Gasteiger charge is 2.10. The number of aromatic nitrogens is 2. The predicted octanol–water partition coefficient (Wildman–Crippen LogP) is 0.691. The summed E-state index contributed by atoms with van der Waals surface area (Å²) in [7, 11) is 0. The van der Waals surface area contributed by atoms with Crippen LogP contribution in [0, 0.1) is 6.92 Å². The zero-order valence-electron chi connectivity index (χ0n) is 9.16. The zero-order valence-corrected chi connectivity index (χ0v) is 9.16. The van der Waals surface area contributed by atoms with Gasteiger partial charge < -0.3 is 15.6 Å². The van der Waals surface area contributed by atoms with Gasteiger partial charge in [-0.2, -0.15) is 0 Å². The predicted molar refractivity (Wildman–Crippen MR) is 57.8 cm³/mol. The standard InChI is InChI=1S/C10H17N3O2/c1-3-8-9(15-6-4-5-14)10(11)13-7(2)12-8/h14H,3-6H2,1-2H3,(H2,11,12,13). The van der Waals surface area contributed by atoms with Gasteiger partial charge in [0.25, 0.3) is 0 Å². The van der Waals surface area contributed by atoms with Gasteiger partial charge in [0.2, 0.25) is 0 Å². The second kappa shape index (κ2) is 5.50. The molecular formula is C10H17N3O2. The van der Waals surface area contributed by atoms with Gasteiger partial charge in [-0.3, -0.25) is 0 Å². The second-order valence-electron chi connectivity index (χ2n) is 3.21. The van der Waals surface area contributed by atoms with E-state index in [-0.39, 0.29) is 6.61 Å². The summed E-state index contributed by atoms with van der Waals surface area (Å²) < 4.78 is 5.44. The topological polar surface area (TPSA) is 81.3 Å². The molecule has 0 saturated carbocycles. The molecule has 1 aromatic heterocycles. The molecule has 0 aromatic carbocycles. The molecule has 0 aliphatic heterocycles. The van der Waals surface area contributed by atoms with Gasteiger partial charge in [0.1, 0.15) is 5.82 Å². The molecule has 0 spiro atoms. The lowest BCUT2D eigenvalue weighted by Gasteiger charge is -2.11. The number of aryl methyl sites for hydroxylation is 2. The molecule has 5 heteroatoms. The molecular weight excluding hydrogens is 194 g/mol. The molecule has 1 aromatic rings. The summed E-state index contributed by atoms with van der Waals surface area (Å²) in [5.41, 5.74) is 6.56. The maximum absolute atomic E-state index is 8.64. The lowest BCUT2D eigenvalue weighted by molar-refractivity contribution is 0.232. The molecule has 1 rings (SSSR count). The smallest absolute Gasteiger partial charge is 0.182 e. The summed E-state index contributed by atoms with van der Waals surface area (Å²) in [6.45, 7) is 4.32. The summed E-state index contributed by atoms with van der Waals surface area (Å²) in [6.07, 6.45) is 1.33. The van der Waals surface area contributed by atoms with Crippen LogP contribution in [0.15, 0.2) is 0 Å². The van der Waals surface area contributed by atoms with E-state index in [9.17, 15) is 0 Å². The largest absolute Gasteiger partial charge is 0.488 e. The SMILES string of the molecule is CCc1nc(C)nc(N)c1OCCCO. The number of ether oxygens (including phenoxy) is 1. The molecule has 0 bridgehead atoms. The number of hydrogen-bond acceptors (Lipinski definition) is 5. The Labute approximate surface area is 89.3 Å². The molecule has 0 aliphatic rings. The molecule has 0 aliphatic carbocycles. The fraction of sp³-hybridized carbons (Fsp3) is 0.600. The number of aliphatic hydroxyl groups excluding tert-OH is 1. The summed E-state index contributed by atoms with van der Waals surface area (Å²) in [5, 5.41) is 8.64. The first-order chi connectivity index (χ1) is 7.19. The Hall–Kier alpha value is -1.36. The second-order valence-corrected chi connectivity index (χ2v) is 3.21. The van der Waals surface area contributed by atoms with Crippen molar-refractivity contribution in [1.82, 2.24) is 9.97 Å². The summed E-state index contributed by atoms with van der Waals surface area (Å²) in [6, 6.07) is 0. The summed E-state index contributed by atoms with van der Waals surface area (Å²) in [4.78, 5) is 8.29. The van der Waals surface area contributed by atoms with Crippen LogP contribution >= 0.6 is 0 Å². The van der Waals surface area contributed by atoms with Crippen molar-refractivity contribution in [2.75, 3.05) is 18.9 Å². The van der Waals surface area contributed by atoms with E-state index < -0.39 is 0 Å². The van der Waals surface area contributed by atoms with Crippen molar-refractivity contribution < 1.29 is 9.84 Å². The fourth-order valence-corrected chi connectivity index (χ4v) is 1.28. The van der Waals surface area contributed by atoms with E-state index in [0.29, 0.717) is 30.4 Å². The van der Waals surface area contributed by atoms with Crippen molar-refractivity contribution in [3.63, 3.8) is 0 Å². The molecule has 1 heterocycles. The molecule has 15 heavy (non-hydrogen) atoms. The average molecular weight is 211 g/mol.